The van der Waals surface area contributed by atoms with Crippen LogP contribution in [0.4, 0.5) is 0 Å². The Morgan fingerprint density at radius 3 is 2.47 bits per heavy atom. The first-order valence-electron chi connectivity index (χ1n) is 10.8. The minimum atomic E-state index is -0.0705. The Morgan fingerprint density at radius 2 is 1.74 bits per heavy atom. The highest BCUT2D eigenvalue weighted by atomic mass is 32.2. The van der Waals surface area contributed by atoms with Gasteiger partial charge < -0.3 is 18.8 Å². The van der Waals surface area contributed by atoms with Gasteiger partial charge in [-0.1, -0.05) is 30.0 Å². The number of tetrazole rings is 1. The van der Waals surface area contributed by atoms with E-state index in [1.807, 2.05) is 48.5 Å². The molecule has 1 atom stereocenters. The molecule has 2 aromatic heterocycles. The molecule has 0 bridgehead atoms. The maximum absolute atomic E-state index is 5.48. The third kappa shape index (κ3) is 5.05. The first-order chi connectivity index (χ1) is 16.7. The summed E-state index contributed by atoms with van der Waals surface area (Å²) in [6, 6.07) is 15.5. The summed E-state index contributed by atoms with van der Waals surface area (Å²) in [5, 5.41) is 22.1. The van der Waals surface area contributed by atoms with Gasteiger partial charge in [-0.2, -0.15) is 4.68 Å². The molecule has 2 aromatic carbocycles. The number of para-hydroxylation sites is 1. The lowest BCUT2D eigenvalue weighted by molar-refractivity contribution is 0.189. The van der Waals surface area contributed by atoms with E-state index in [0.29, 0.717) is 24.7 Å². The van der Waals surface area contributed by atoms with E-state index in [-0.39, 0.29) is 5.25 Å². The van der Waals surface area contributed by atoms with Crippen molar-refractivity contribution in [3.63, 3.8) is 0 Å². The van der Waals surface area contributed by atoms with E-state index < -0.39 is 0 Å². The highest BCUT2D eigenvalue weighted by Crippen LogP contribution is 2.37. The second kappa shape index (κ2) is 11.1. The Bertz CT molecular complexity index is 1210. The summed E-state index contributed by atoms with van der Waals surface area (Å²) < 4.78 is 20.0. The molecule has 0 aliphatic carbocycles. The zero-order chi connectivity index (χ0) is 23.9. The van der Waals surface area contributed by atoms with Gasteiger partial charge in [0.15, 0.2) is 28.3 Å². The molecule has 0 N–H and O–H groups in total. The normalized spacial score (nSPS) is 12.0. The smallest absolute Gasteiger partial charge is 0.192 e. The summed E-state index contributed by atoms with van der Waals surface area (Å²) in [5.41, 5.74) is 1.79. The zero-order valence-corrected chi connectivity index (χ0v) is 20.4. The van der Waals surface area contributed by atoms with Crippen molar-refractivity contribution in [3.8, 4) is 28.6 Å². The second-order valence-electron chi connectivity index (χ2n) is 7.42. The van der Waals surface area contributed by atoms with Gasteiger partial charge in [0.1, 0.15) is 0 Å². The predicted molar refractivity (Wildman–Crippen MR) is 128 cm³/mol. The van der Waals surface area contributed by atoms with Gasteiger partial charge in [0.25, 0.3) is 0 Å². The molecular weight excluding hydrogens is 454 g/mol. The summed E-state index contributed by atoms with van der Waals surface area (Å²) in [4.78, 5) is 0. The van der Waals surface area contributed by atoms with Crippen LogP contribution in [0.1, 0.15) is 24.4 Å². The van der Waals surface area contributed by atoms with Crippen LogP contribution in [0, 0.1) is 0 Å². The molecule has 0 spiro atoms. The second-order valence-corrected chi connectivity index (χ2v) is 8.73. The van der Waals surface area contributed by atoms with Gasteiger partial charge in [0.2, 0.25) is 0 Å². The van der Waals surface area contributed by atoms with Crippen molar-refractivity contribution in [1.82, 2.24) is 35.0 Å². The SMILES string of the molecule is COCCCn1c(SC(C)c2nnnn2-c2ccccc2)nnc1-c1ccc(OC)c(OC)c1. The first kappa shape index (κ1) is 23.7. The Balaban J connectivity index is 1.65. The molecule has 0 fully saturated rings. The van der Waals surface area contributed by atoms with Crippen LogP contribution in [0.25, 0.3) is 17.1 Å². The summed E-state index contributed by atoms with van der Waals surface area (Å²) in [7, 11) is 4.93. The minimum Gasteiger partial charge on any atom is -0.493 e. The highest BCUT2D eigenvalue weighted by molar-refractivity contribution is 7.99. The fourth-order valence-electron chi connectivity index (χ4n) is 3.54. The van der Waals surface area contributed by atoms with Gasteiger partial charge in [-0.15, -0.1) is 15.3 Å². The number of rotatable bonds is 11. The molecule has 34 heavy (non-hydrogen) atoms. The quantitative estimate of drug-likeness (QED) is 0.234. The molecule has 11 heteroatoms. The Kier molecular flexibility index (Phi) is 7.76. The van der Waals surface area contributed by atoms with Crippen LogP contribution in [0.5, 0.6) is 11.5 Å². The van der Waals surface area contributed by atoms with Crippen molar-refractivity contribution in [3.05, 3.63) is 54.4 Å². The molecule has 4 rings (SSSR count). The lowest BCUT2D eigenvalue weighted by atomic mass is 10.2. The van der Waals surface area contributed by atoms with Crippen molar-refractivity contribution in [2.24, 2.45) is 0 Å². The zero-order valence-electron chi connectivity index (χ0n) is 19.6. The van der Waals surface area contributed by atoms with Crippen LogP contribution in [-0.4, -0.2) is 62.9 Å². The molecule has 0 radical (unpaired) electrons. The molecule has 2 heterocycles. The van der Waals surface area contributed by atoms with Gasteiger partial charge in [-0.25, -0.2) is 0 Å². The number of benzene rings is 2. The van der Waals surface area contributed by atoms with Crippen LogP contribution in [0.3, 0.4) is 0 Å². The number of aromatic nitrogens is 7. The molecule has 0 saturated carbocycles. The maximum atomic E-state index is 5.48. The monoisotopic (exact) mass is 481 g/mol. The van der Waals surface area contributed by atoms with Crippen LogP contribution in [-0.2, 0) is 11.3 Å². The van der Waals surface area contributed by atoms with Crippen LogP contribution in [0.15, 0.2) is 53.7 Å². The number of hydrogen-bond acceptors (Lipinski definition) is 9. The number of nitrogens with zero attached hydrogens (tertiary/aromatic N) is 7. The summed E-state index contributed by atoms with van der Waals surface area (Å²) in [5.74, 6) is 2.77. The molecule has 4 aromatic rings. The van der Waals surface area contributed by atoms with E-state index in [1.54, 1.807) is 37.8 Å². The van der Waals surface area contributed by atoms with Crippen LogP contribution in [0.2, 0.25) is 0 Å². The molecule has 10 nitrogen and oxygen atoms in total. The topological polar surface area (TPSA) is 102 Å². The van der Waals surface area contributed by atoms with Crippen molar-refractivity contribution < 1.29 is 14.2 Å². The average molecular weight is 482 g/mol. The van der Waals surface area contributed by atoms with Crippen molar-refractivity contribution >= 4 is 11.8 Å². The van der Waals surface area contributed by atoms with Gasteiger partial charge in [0.05, 0.1) is 25.2 Å². The van der Waals surface area contributed by atoms with E-state index >= 15 is 0 Å². The minimum absolute atomic E-state index is 0.0705. The van der Waals surface area contributed by atoms with E-state index in [4.69, 9.17) is 14.2 Å². The molecule has 0 aliphatic heterocycles. The molecule has 0 saturated heterocycles. The predicted octanol–water partition coefficient (Wildman–Crippen LogP) is 3.83. The molecule has 0 aliphatic rings. The van der Waals surface area contributed by atoms with Gasteiger partial charge in [-0.05, 0) is 54.1 Å². The van der Waals surface area contributed by atoms with E-state index in [1.165, 1.54) is 0 Å². The van der Waals surface area contributed by atoms with Gasteiger partial charge in [-0.3, -0.25) is 0 Å². The van der Waals surface area contributed by atoms with Crippen LogP contribution < -0.4 is 9.47 Å². The highest BCUT2D eigenvalue weighted by Gasteiger charge is 2.22. The number of methoxy groups -OCH3 is 3. The third-order valence-corrected chi connectivity index (χ3v) is 6.31. The Morgan fingerprint density at radius 1 is 0.941 bits per heavy atom. The lowest BCUT2D eigenvalue weighted by Crippen LogP contribution is -2.08. The average Bonchev–Trinajstić information content (AvgIpc) is 3.52. The summed E-state index contributed by atoms with van der Waals surface area (Å²) in [6.07, 6.45) is 0.818. The summed E-state index contributed by atoms with van der Waals surface area (Å²) in [6.45, 7) is 3.39. The number of ether oxygens (including phenoxy) is 3. The summed E-state index contributed by atoms with van der Waals surface area (Å²) >= 11 is 1.56. The standard InChI is InChI=1S/C23H27N7O3S/c1-16(21-25-27-28-30(21)18-9-6-5-7-10-18)34-23-26-24-22(29(23)13-8-14-31-2)17-11-12-19(32-3)20(15-17)33-4/h5-7,9-12,15-16H,8,13-14H2,1-4H3. The van der Waals surface area contributed by atoms with Crippen molar-refractivity contribution in [2.75, 3.05) is 27.9 Å². The van der Waals surface area contributed by atoms with Gasteiger partial charge in [0, 0.05) is 25.8 Å². The van der Waals surface area contributed by atoms with Crippen molar-refractivity contribution in [1.29, 1.82) is 0 Å². The Labute approximate surface area is 202 Å². The Hall–Kier alpha value is -3.44. The molecule has 0 amide bonds. The fourth-order valence-corrected chi connectivity index (χ4v) is 4.51. The molecule has 178 valence electrons. The number of hydrogen-bond donors (Lipinski definition) is 0. The largest absolute Gasteiger partial charge is 0.493 e. The third-order valence-electron chi connectivity index (χ3n) is 5.23. The van der Waals surface area contributed by atoms with E-state index in [0.717, 1.165) is 34.5 Å². The fraction of sp³-hybridized carbons (Fsp3) is 0.348. The molecular formula is C23H27N7O3S. The maximum Gasteiger partial charge on any atom is 0.192 e. The van der Waals surface area contributed by atoms with Gasteiger partial charge >= 0.3 is 0 Å². The number of thioether (sulfide) groups is 1. The van der Waals surface area contributed by atoms with E-state index in [2.05, 4.69) is 37.2 Å². The van der Waals surface area contributed by atoms with Crippen molar-refractivity contribution in [2.45, 2.75) is 30.3 Å². The van der Waals surface area contributed by atoms with Crippen LogP contribution >= 0.6 is 11.8 Å². The lowest BCUT2D eigenvalue weighted by Gasteiger charge is -2.14. The van der Waals surface area contributed by atoms with E-state index in [9.17, 15) is 0 Å². The molecule has 1 unspecified atom stereocenters. The first-order valence-corrected chi connectivity index (χ1v) is 11.7.